The van der Waals surface area contributed by atoms with Gasteiger partial charge in [-0.05, 0) is 28.3 Å². The second-order valence-corrected chi connectivity index (χ2v) is 7.30. The molecule has 0 aromatic heterocycles. The average Bonchev–Trinajstić information content (AvgIpc) is 2.65. The monoisotopic (exact) mass is 336 g/mol. The van der Waals surface area contributed by atoms with E-state index >= 15 is 0 Å². The highest BCUT2D eigenvalue weighted by Crippen LogP contribution is 2.27. The Labute approximate surface area is 155 Å². The second kappa shape index (κ2) is 11.9. The first-order valence-electron chi connectivity index (χ1n) is 10.5. The lowest BCUT2D eigenvalue weighted by atomic mass is 9.93. The summed E-state index contributed by atoms with van der Waals surface area (Å²) in [6.07, 6.45) is 20.0. The Morgan fingerprint density at radius 2 is 1.24 bits per heavy atom. The molecule has 0 heterocycles. The molecule has 3 rings (SSSR count). The summed E-state index contributed by atoms with van der Waals surface area (Å²) in [5.41, 5.74) is 2.81. The quantitative estimate of drug-likeness (QED) is 0.404. The molecule has 2 aromatic rings. The molecular formula is C25H36. The summed E-state index contributed by atoms with van der Waals surface area (Å²) >= 11 is 0. The van der Waals surface area contributed by atoms with E-state index in [4.69, 9.17) is 0 Å². The van der Waals surface area contributed by atoms with Gasteiger partial charge < -0.3 is 0 Å². The van der Waals surface area contributed by atoms with Crippen LogP contribution in [0.4, 0.5) is 0 Å². The Morgan fingerprint density at radius 3 is 1.84 bits per heavy atom. The van der Waals surface area contributed by atoms with Crippen LogP contribution in [-0.4, -0.2) is 0 Å². The van der Waals surface area contributed by atoms with Crippen molar-refractivity contribution >= 4 is 16.8 Å². The van der Waals surface area contributed by atoms with E-state index in [0.717, 1.165) is 6.42 Å². The van der Waals surface area contributed by atoms with Crippen LogP contribution < -0.4 is 0 Å². The molecule has 0 N–H and O–H groups in total. The molecule has 0 unspecified atom stereocenters. The molecule has 0 radical (unpaired) electrons. The SMILES string of the molecule is C1=Cc2cccc3cccc(c23)C1.CCCCCCCCCCCC. The lowest BCUT2D eigenvalue weighted by molar-refractivity contribution is 0.562. The molecule has 0 saturated heterocycles. The largest absolute Gasteiger partial charge is 0.0795 e. The number of benzene rings is 2. The van der Waals surface area contributed by atoms with Crippen LogP contribution >= 0.6 is 0 Å². The standard InChI is InChI=1S/C13H10.C12H26/c1-4-10-6-2-8-12-9-3-7-11(5-1)13(10)12;1-3-5-7-9-11-12-10-8-6-4-2/h1-8H,9H2;3-12H2,1-2H3. The molecule has 0 bridgehead atoms. The molecule has 0 spiro atoms. The minimum atomic E-state index is 1.08. The van der Waals surface area contributed by atoms with Crippen molar-refractivity contribution in [3.8, 4) is 0 Å². The van der Waals surface area contributed by atoms with Gasteiger partial charge in [-0.15, -0.1) is 0 Å². The fourth-order valence-corrected chi connectivity index (χ4v) is 3.63. The van der Waals surface area contributed by atoms with E-state index in [1.54, 1.807) is 0 Å². The number of hydrogen-bond donors (Lipinski definition) is 0. The van der Waals surface area contributed by atoms with Crippen molar-refractivity contribution in [1.82, 2.24) is 0 Å². The summed E-state index contributed by atoms with van der Waals surface area (Å²) in [6, 6.07) is 13.0. The lowest BCUT2D eigenvalue weighted by Crippen LogP contribution is -1.91. The lowest BCUT2D eigenvalue weighted by Gasteiger charge is -2.11. The number of hydrogen-bond acceptors (Lipinski definition) is 0. The molecule has 1 aliphatic rings. The van der Waals surface area contributed by atoms with Crippen LogP contribution in [0, 0.1) is 0 Å². The highest BCUT2D eigenvalue weighted by molar-refractivity contribution is 5.94. The van der Waals surface area contributed by atoms with Gasteiger partial charge in [0.2, 0.25) is 0 Å². The Hall–Kier alpha value is -1.56. The molecule has 0 heteroatoms. The average molecular weight is 337 g/mol. The minimum Gasteiger partial charge on any atom is -0.0795 e. The second-order valence-electron chi connectivity index (χ2n) is 7.30. The Morgan fingerprint density at radius 1 is 0.680 bits per heavy atom. The molecule has 0 saturated carbocycles. The van der Waals surface area contributed by atoms with E-state index in [9.17, 15) is 0 Å². The number of rotatable bonds is 9. The predicted octanol–water partition coefficient (Wildman–Crippen LogP) is 8.34. The van der Waals surface area contributed by atoms with E-state index in [0.29, 0.717) is 0 Å². The van der Waals surface area contributed by atoms with E-state index in [1.165, 1.54) is 86.1 Å². The first-order chi connectivity index (χ1) is 12.4. The van der Waals surface area contributed by atoms with Gasteiger partial charge >= 0.3 is 0 Å². The third-order valence-electron chi connectivity index (χ3n) is 5.12. The highest BCUT2D eigenvalue weighted by Gasteiger charge is 2.06. The third-order valence-corrected chi connectivity index (χ3v) is 5.12. The summed E-state index contributed by atoms with van der Waals surface area (Å²) in [6.45, 7) is 4.56. The van der Waals surface area contributed by atoms with Crippen LogP contribution in [0.25, 0.3) is 16.8 Å². The fourth-order valence-electron chi connectivity index (χ4n) is 3.63. The van der Waals surface area contributed by atoms with Crippen LogP contribution in [0.15, 0.2) is 42.5 Å². The van der Waals surface area contributed by atoms with E-state index in [-0.39, 0.29) is 0 Å². The molecule has 1 aliphatic carbocycles. The van der Waals surface area contributed by atoms with Crippen molar-refractivity contribution in [2.45, 2.75) is 84.5 Å². The summed E-state index contributed by atoms with van der Waals surface area (Å²) in [5.74, 6) is 0. The molecule has 0 amide bonds. The molecule has 25 heavy (non-hydrogen) atoms. The molecule has 2 aromatic carbocycles. The van der Waals surface area contributed by atoms with Crippen molar-refractivity contribution in [3.63, 3.8) is 0 Å². The summed E-state index contributed by atoms with van der Waals surface area (Å²) in [4.78, 5) is 0. The van der Waals surface area contributed by atoms with Crippen LogP contribution in [0.5, 0.6) is 0 Å². The summed E-state index contributed by atoms with van der Waals surface area (Å²) < 4.78 is 0. The first kappa shape index (κ1) is 19.8. The van der Waals surface area contributed by atoms with Gasteiger partial charge in [-0.3, -0.25) is 0 Å². The fraction of sp³-hybridized carbons (Fsp3) is 0.520. The summed E-state index contributed by atoms with van der Waals surface area (Å²) in [5, 5.41) is 2.80. The van der Waals surface area contributed by atoms with Gasteiger partial charge in [0.25, 0.3) is 0 Å². The first-order valence-corrected chi connectivity index (χ1v) is 10.5. The molecule has 0 aliphatic heterocycles. The molecule has 0 nitrogen and oxygen atoms in total. The van der Waals surface area contributed by atoms with E-state index < -0.39 is 0 Å². The van der Waals surface area contributed by atoms with Crippen molar-refractivity contribution in [3.05, 3.63) is 53.6 Å². The van der Waals surface area contributed by atoms with E-state index in [1.807, 2.05) is 0 Å². The minimum absolute atomic E-state index is 1.08. The normalized spacial score (nSPS) is 12.1. The van der Waals surface area contributed by atoms with Crippen LogP contribution in [0.2, 0.25) is 0 Å². The maximum absolute atomic E-state index is 2.28. The maximum atomic E-state index is 2.28. The highest BCUT2D eigenvalue weighted by atomic mass is 14.1. The van der Waals surface area contributed by atoms with Crippen LogP contribution in [-0.2, 0) is 6.42 Å². The zero-order valence-corrected chi connectivity index (χ0v) is 16.4. The smallest absolute Gasteiger partial charge is 0.00763 e. The van der Waals surface area contributed by atoms with Gasteiger partial charge in [-0.25, -0.2) is 0 Å². The van der Waals surface area contributed by atoms with Crippen molar-refractivity contribution < 1.29 is 0 Å². The topological polar surface area (TPSA) is 0 Å². The Bertz CT molecular complexity index is 620. The van der Waals surface area contributed by atoms with Gasteiger partial charge in [0.1, 0.15) is 0 Å². The molecule has 136 valence electrons. The molecule has 0 fully saturated rings. The van der Waals surface area contributed by atoms with E-state index in [2.05, 4.69) is 62.4 Å². The van der Waals surface area contributed by atoms with Crippen LogP contribution in [0.3, 0.4) is 0 Å². The van der Waals surface area contributed by atoms with Crippen LogP contribution in [0.1, 0.15) is 89.2 Å². The zero-order chi connectivity index (χ0) is 17.7. The molecular weight excluding hydrogens is 300 g/mol. The third kappa shape index (κ3) is 6.69. The zero-order valence-electron chi connectivity index (χ0n) is 16.4. The van der Waals surface area contributed by atoms with Crippen molar-refractivity contribution in [1.29, 1.82) is 0 Å². The predicted molar refractivity (Wildman–Crippen MR) is 114 cm³/mol. The maximum Gasteiger partial charge on any atom is -0.00763 e. The van der Waals surface area contributed by atoms with Crippen molar-refractivity contribution in [2.75, 3.05) is 0 Å². The molecule has 0 atom stereocenters. The van der Waals surface area contributed by atoms with Gasteiger partial charge in [-0.1, -0.05) is 127 Å². The van der Waals surface area contributed by atoms with Gasteiger partial charge in [0.05, 0.1) is 0 Å². The summed E-state index contributed by atoms with van der Waals surface area (Å²) in [7, 11) is 0. The van der Waals surface area contributed by atoms with Gasteiger partial charge in [-0.2, -0.15) is 0 Å². The van der Waals surface area contributed by atoms with Gasteiger partial charge in [0.15, 0.2) is 0 Å². The van der Waals surface area contributed by atoms with Crippen molar-refractivity contribution in [2.24, 2.45) is 0 Å². The number of unbranched alkanes of at least 4 members (excludes halogenated alkanes) is 9. The Balaban J connectivity index is 0.000000182. The number of allylic oxidation sites excluding steroid dienone is 1. The van der Waals surface area contributed by atoms with Gasteiger partial charge in [0, 0.05) is 0 Å². The Kier molecular flexibility index (Phi) is 9.41.